The van der Waals surface area contributed by atoms with Gasteiger partial charge in [0.05, 0.1) is 17.1 Å². The van der Waals surface area contributed by atoms with Gasteiger partial charge >= 0.3 is 6.18 Å². The number of nitrogens with zero attached hydrogens (tertiary/aromatic N) is 1. The van der Waals surface area contributed by atoms with Crippen LogP contribution in [0.2, 0.25) is 5.02 Å². The van der Waals surface area contributed by atoms with Crippen LogP contribution in [-0.2, 0) is 12.7 Å². The van der Waals surface area contributed by atoms with Gasteiger partial charge in [0, 0.05) is 16.6 Å². The average Bonchev–Trinajstić information content (AvgIpc) is 3.21. The van der Waals surface area contributed by atoms with E-state index in [-0.39, 0.29) is 10.7 Å². The van der Waals surface area contributed by atoms with E-state index in [0.29, 0.717) is 17.7 Å². The normalized spacial score (nSPS) is 14.5. The van der Waals surface area contributed by atoms with Crippen LogP contribution in [0.1, 0.15) is 23.3 Å². The summed E-state index contributed by atoms with van der Waals surface area (Å²) in [7, 11) is 0. The molecule has 0 spiro atoms. The molecular formula is C16H14ClF3N2S2. The number of nitrogens with one attached hydrogen (secondary N) is 1. The molecule has 1 N–H and O–H groups in total. The molecule has 24 heavy (non-hydrogen) atoms. The van der Waals surface area contributed by atoms with Gasteiger partial charge in [0.2, 0.25) is 0 Å². The Morgan fingerprint density at radius 3 is 2.67 bits per heavy atom. The summed E-state index contributed by atoms with van der Waals surface area (Å²) >= 11 is 12.7. The Labute approximate surface area is 152 Å². The van der Waals surface area contributed by atoms with E-state index in [1.165, 1.54) is 12.1 Å². The average molecular weight is 391 g/mol. The fraction of sp³-hybridized carbons (Fsp3) is 0.312. The van der Waals surface area contributed by atoms with Crippen molar-refractivity contribution in [1.82, 2.24) is 4.90 Å². The summed E-state index contributed by atoms with van der Waals surface area (Å²) in [5, 5.41) is 5.02. The topological polar surface area (TPSA) is 15.3 Å². The minimum absolute atomic E-state index is 0.286. The fourth-order valence-corrected chi connectivity index (χ4v) is 3.60. The summed E-state index contributed by atoms with van der Waals surface area (Å²) in [6, 6.07) is 8.06. The number of benzene rings is 1. The molecule has 1 aromatic heterocycles. The minimum Gasteiger partial charge on any atom is -0.341 e. The molecule has 1 fully saturated rings. The van der Waals surface area contributed by atoms with E-state index in [4.69, 9.17) is 23.8 Å². The SMILES string of the molecule is FC(F)(F)c1cc(NC(=S)N(Cc2cccs2)C2CC2)ccc1Cl. The lowest BCUT2D eigenvalue weighted by Crippen LogP contribution is -2.35. The Morgan fingerprint density at radius 1 is 1.33 bits per heavy atom. The van der Waals surface area contributed by atoms with E-state index in [1.807, 2.05) is 22.4 Å². The number of thiophene rings is 1. The van der Waals surface area contributed by atoms with Crippen LogP contribution in [0.4, 0.5) is 18.9 Å². The maximum Gasteiger partial charge on any atom is 0.417 e. The van der Waals surface area contributed by atoms with Crippen molar-refractivity contribution in [3.8, 4) is 0 Å². The molecule has 128 valence electrons. The first kappa shape index (κ1) is 17.5. The molecule has 0 bridgehead atoms. The first-order valence-corrected chi connectivity index (χ1v) is 8.98. The van der Waals surface area contributed by atoms with Gasteiger partial charge in [-0.2, -0.15) is 13.2 Å². The molecule has 0 amide bonds. The van der Waals surface area contributed by atoms with Crippen LogP contribution in [0, 0.1) is 0 Å². The monoisotopic (exact) mass is 390 g/mol. The number of halogens is 4. The van der Waals surface area contributed by atoms with Crippen LogP contribution in [0.15, 0.2) is 35.7 Å². The Bertz CT molecular complexity index is 727. The molecule has 1 aromatic carbocycles. The third-order valence-corrected chi connectivity index (χ3v) is 5.21. The van der Waals surface area contributed by atoms with Crippen LogP contribution >= 0.6 is 35.2 Å². The lowest BCUT2D eigenvalue weighted by Gasteiger charge is -2.25. The largest absolute Gasteiger partial charge is 0.417 e. The third kappa shape index (κ3) is 4.20. The molecule has 1 heterocycles. The Morgan fingerprint density at radius 2 is 2.08 bits per heavy atom. The number of hydrogen-bond acceptors (Lipinski definition) is 2. The van der Waals surface area contributed by atoms with Crippen molar-refractivity contribution in [2.24, 2.45) is 0 Å². The van der Waals surface area contributed by atoms with Gasteiger partial charge in [0.1, 0.15) is 0 Å². The molecule has 8 heteroatoms. The number of alkyl halides is 3. The van der Waals surface area contributed by atoms with E-state index < -0.39 is 11.7 Å². The van der Waals surface area contributed by atoms with Gasteiger partial charge in [-0.3, -0.25) is 0 Å². The second kappa shape index (κ2) is 6.90. The lowest BCUT2D eigenvalue weighted by molar-refractivity contribution is -0.137. The molecule has 0 aliphatic heterocycles. The molecule has 2 nitrogen and oxygen atoms in total. The fourth-order valence-electron chi connectivity index (χ4n) is 2.34. The minimum atomic E-state index is -4.50. The molecule has 0 radical (unpaired) electrons. The summed E-state index contributed by atoms with van der Waals surface area (Å²) < 4.78 is 38.9. The van der Waals surface area contributed by atoms with Crippen LogP contribution in [0.25, 0.3) is 0 Å². The van der Waals surface area contributed by atoms with Crippen LogP contribution in [-0.4, -0.2) is 16.1 Å². The molecule has 2 aromatic rings. The number of thiocarbonyl (C=S) groups is 1. The number of rotatable bonds is 4. The zero-order valence-corrected chi connectivity index (χ0v) is 14.8. The first-order chi connectivity index (χ1) is 11.3. The van der Waals surface area contributed by atoms with Crippen LogP contribution in [0.3, 0.4) is 0 Å². The molecule has 0 atom stereocenters. The zero-order chi connectivity index (χ0) is 17.3. The van der Waals surface area contributed by atoms with Gasteiger partial charge < -0.3 is 10.2 Å². The standard InChI is InChI=1S/C16H14ClF3N2S2/c17-14-6-3-10(8-13(14)16(18,19)20)21-15(23)22(11-4-5-11)9-12-2-1-7-24-12/h1-3,6-8,11H,4-5,9H2,(H,21,23). The predicted molar refractivity (Wildman–Crippen MR) is 95.6 cm³/mol. The van der Waals surface area contributed by atoms with E-state index in [1.54, 1.807) is 11.3 Å². The second-order valence-corrected chi connectivity index (χ2v) is 7.39. The van der Waals surface area contributed by atoms with Crippen molar-refractivity contribution in [2.45, 2.75) is 31.6 Å². The molecule has 0 unspecified atom stereocenters. The highest BCUT2D eigenvalue weighted by atomic mass is 35.5. The predicted octanol–water partition coefficient (Wildman–Crippen LogP) is 5.78. The van der Waals surface area contributed by atoms with Gasteiger partial charge in [-0.25, -0.2) is 0 Å². The maximum atomic E-state index is 13.0. The van der Waals surface area contributed by atoms with Gasteiger partial charge in [0.15, 0.2) is 5.11 Å². The second-order valence-electron chi connectivity index (χ2n) is 5.56. The quantitative estimate of drug-likeness (QED) is 0.666. The van der Waals surface area contributed by atoms with Crippen LogP contribution < -0.4 is 5.32 Å². The highest BCUT2D eigenvalue weighted by Crippen LogP contribution is 2.36. The van der Waals surface area contributed by atoms with E-state index >= 15 is 0 Å². The summed E-state index contributed by atoms with van der Waals surface area (Å²) in [4.78, 5) is 3.20. The summed E-state index contributed by atoms with van der Waals surface area (Å²) in [6.45, 7) is 0.661. The van der Waals surface area contributed by atoms with Crippen molar-refractivity contribution in [1.29, 1.82) is 0 Å². The van der Waals surface area contributed by atoms with Gasteiger partial charge in [-0.15, -0.1) is 11.3 Å². The molecule has 3 rings (SSSR count). The van der Waals surface area contributed by atoms with Gasteiger partial charge in [-0.1, -0.05) is 17.7 Å². The lowest BCUT2D eigenvalue weighted by atomic mass is 10.2. The van der Waals surface area contributed by atoms with Crippen LogP contribution in [0.5, 0.6) is 0 Å². The molecule has 1 saturated carbocycles. The molecule has 0 saturated heterocycles. The van der Waals surface area contributed by atoms with Gasteiger partial charge in [-0.05, 0) is 54.7 Å². The maximum absolute atomic E-state index is 13.0. The van der Waals surface area contributed by atoms with E-state index in [0.717, 1.165) is 23.8 Å². The summed E-state index contributed by atoms with van der Waals surface area (Å²) in [5.74, 6) is 0. The Kier molecular flexibility index (Phi) is 5.03. The Hall–Kier alpha value is -1.31. The van der Waals surface area contributed by atoms with E-state index in [2.05, 4.69) is 5.32 Å². The van der Waals surface area contributed by atoms with Gasteiger partial charge in [0.25, 0.3) is 0 Å². The van der Waals surface area contributed by atoms with Crippen molar-refractivity contribution in [2.75, 3.05) is 5.32 Å². The first-order valence-electron chi connectivity index (χ1n) is 7.31. The summed E-state index contributed by atoms with van der Waals surface area (Å²) in [5.41, 5.74) is -0.582. The van der Waals surface area contributed by atoms with Crippen molar-refractivity contribution in [3.63, 3.8) is 0 Å². The van der Waals surface area contributed by atoms with E-state index in [9.17, 15) is 13.2 Å². The Balaban J connectivity index is 1.75. The van der Waals surface area contributed by atoms with Crippen molar-refractivity contribution < 1.29 is 13.2 Å². The van der Waals surface area contributed by atoms with Crippen molar-refractivity contribution >= 4 is 46.0 Å². The molecule has 1 aliphatic rings. The summed E-state index contributed by atoms with van der Waals surface area (Å²) in [6.07, 6.45) is -2.41. The molecular weight excluding hydrogens is 377 g/mol. The molecule has 1 aliphatic carbocycles. The van der Waals surface area contributed by atoms with Crippen molar-refractivity contribution in [3.05, 3.63) is 51.2 Å². The highest BCUT2D eigenvalue weighted by Gasteiger charge is 2.34. The highest BCUT2D eigenvalue weighted by molar-refractivity contribution is 7.80. The zero-order valence-electron chi connectivity index (χ0n) is 12.4. The number of hydrogen-bond donors (Lipinski definition) is 1. The smallest absolute Gasteiger partial charge is 0.341 e. The third-order valence-electron chi connectivity index (χ3n) is 3.68. The number of anilines is 1.